The van der Waals surface area contributed by atoms with Crippen molar-refractivity contribution in [2.45, 2.75) is 51.2 Å². The van der Waals surface area contributed by atoms with Crippen LogP contribution in [-0.2, 0) is 25.2 Å². The Hall–Kier alpha value is -2.26. The van der Waals surface area contributed by atoms with Crippen LogP contribution < -0.4 is 10.5 Å². The van der Waals surface area contributed by atoms with Gasteiger partial charge in [0.15, 0.2) is 0 Å². The molecule has 0 fully saturated rings. The molecular weight excluding hydrogens is 424 g/mol. The summed E-state index contributed by atoms with van der Waals surface area (Å²) in [5.41, 5.74) is 4.82. The number of benzene rings is 2. The SMILES string of the molecule is CC(CCc1ccc(OCCCc2ccc(C(F)(F)F)cc2)c(C(F)(F)F)c1)C(N)O. The summed E-state index contributed by atoms with van der Waals surface area (Å²) in [4.78, 5) is 0. The highest BCUT2D eigenvalue weighted by atomic mass is 19.4. The summed E-state index contributed by atoms with van der Waals surface area (Å²) in [6.45, 7) is 1.70. The van der Waals surface area contributed by atoms with Crippen LogP contribution in [0.1, 0.15) is 42.0 Å². The van der Waals surface area contributed by atoms with Gasteiger partial charge in [0, 0.05) is 0 Å². The van der Waals surface area contributed by atoms with Gasteiger partial charge in [-0.3, -0.25) is 0 Å². The van der Waals surface area contributed by atoms with E-state index in [1.807, 2.05) is 0 Å². The van der Waals surface area contributed by atoms with E-state index in [2.05, 4.69) is 0 Å². The fourth-order valence-corrected chi connectivity index (χ4v) is 2.96. The number of halogens is 6. The average Bonchev–Trinajstić information content (AvgIpc) is 2.68. The molecule has 2 atom stereocenters. The maximum absolute atomic E-state index is 13.4. The Balaban J connectivity index is 1.96. The predicted molar refractivity (Wildman–Crippen MR) is 104 cm³/mol. The number of hydrogen-bond donors (Lipinski definition) is 2. The van der Waals surface area contributed by atoms with Crippen molar-refractivity contribution in [3.63, 3.8) is 0 Å². The fraction of sp³-hybridized carbons (Fsp3) is 0.455. The summed E-state index contributed by atoms with van der Waals surface area (Å²) in [7, 11) is 0. The molecule has 9 heteroatoms. The Labute approximate surface area is 176 Å². The van der Waals surface area contributed by atoms with Gasteiger partial charge in [-0.25, -0.2) is 0 Å². The van der Waals surface area contributed by atoms with E-state index in [0.29, 0.717) is 36.8 Å². The van der Waals surface area contributed by atoms with Crippen LogP contribution in [0.4, 0.5) is 26.3 Å². The van der Waals surface area contributed by atoms with Gasteiger partial charge in [-0.05, 0) is 67.0 Å². The van der Waals surface area contributed by atoms with Gasteiger partial charge in [0.25, 0.3) is 0 Å². The lowest BCUT2D eigenvalue weighted by Crippen LogP contribution is -2.27. The third-order valence-corrected chi connectivity index (χ3v) is 4.97. The number of aliphatic hydroxyl groups is 1. The van der Waals surface area contributed by atoms with E-state index in [0.717, 1.165) is 18.2 Å². The van der Waals surface area contributed by atoms with E-state index in [4.69, 9.17) is 10.5 Å². The molecule has 2 rings (SSSR count). The summed E-state index contributed by atoms with van der Waals surface area (Å²) in [6.07, 6.45) is -8.57. The summed E-state index contributed by atoms with van der Waals surface area (Å²) in [6, 6.07) is 8.47. The second-order valence-corrected chi connectivity index (χ2v) is 7.48. The molecule has 172 valence electrons. The molecule has 31 heavy (non-hydrogen) atoms. The topological polar surface area (TPSA) is 55.5 Å². The smallest absolute Gasteiger partial charge is 0.419 e. The Morgan fingerprint density at radius 1 is 0.903 bits per heavy atom. The van der Waals surface area contributed by atoms with Gasteiger partial charge < -0.3 is 15.6 Å². The Morgan fingerprint density at radius 2 is 1.52 bits per heavy atom. The van der Waals surface area contributed by atoms with Crippen molar-refractivity contribution in [2.75, 3.05) is 6.61 Å². The van der Waals surface area contributed by atoms with E-state index in [9.17, 15) is 31.4 Å². The third-order valence-electron chi connectivity index (χ3n) is 4.97. The maximum atomic E-state index is 13.4. The summed E-state index contributed by atoms with van der Waals surface area (Å²) >= 11 is 0. The minimum absolute atomic E-state index is 0.0140. The Bertz CT molecular complexity index is 831. The molecule has 0 radical (unpaired) electrons. The van der Waals surface area contributed by atoms with Crippen LogP contribution >= 0.6 is 0 Å². The minimum atomic E-state index is -4.60. The van der Waals surface area contributed by atoms with Crippen molar-refractivity contribution in [3.8, 4) is 5.75 Å². The van der Waals surface area contributed by atoms with Gasteiger partial charge in [0.05, 0.1) is 17.7 Å². The third kappa shape index (κ3) is 7.74. The van der Waals surface area contributed by atoms with E-state index in [-0.39, 0.29) is 18.3 Å². The highest BCUT2D eigenvalue weighted by Crippen LogP contribution is 2.37. The van der Waals surface area contributed by atoms with Crippen molar-refractivity contribution in [2.24, 2.45) is 11.7 Å². The molecule has 0 aromatic heterocycles. The van der Waals surface area contributed by atoms with Crippen LogP contribution in [0.2, 0.25) is 0 Å². The van der Waals surface area contributed by atoms with E-state index < -0.39 is 29.7 Å². The normalized spacial score (nSPS) is 14.4. The van der Waals surface area contributed by atoms with Crippen molar-refractivity contribution in [1.29, 1.82) is 0 Å². The van der Waals surface area contributed by atoms with E-state index in [1.54, 1.807) is 6.92 Å². The van der Waals surface area contributed by atoms with Gasteiger partial charge in [0.2, 0.25) is 0 Å². The number of hydrogen-bond acceptors (Lipinski definition) is 3. The molecule has 0 bridgehead atoms. The standard InChI is InChI=1S/C22H25F6NO2/c1-14(20(29)30)4-5-16-8-11-19(18(13-16)22(26,27)28)31-12-2-3-15-6-9-17(10-7-15)21(23,24)25/h6-11,13-14,20,30H,2-5,12,29H2,1H3. The van der Waals surface area contributed by atoms with Gasteiger partial charge in [0.1, 0.15) is 12.0 Å². The first-order valence-electron chi connectivity index (χ1n) is 9.80. The molecule has 0 spiro atoms. The van der Waals surface area contributed by atoms with Gasteiger partial charge in [-0.15, -0.1) is 0 Å². The quantitative estimate of drug-likeness (QED) is 0.299. The van der Waals surface area contributed by atoms with Gasteiger partial charge >= 0.3 is 12.4 Å². The van der Waals surface area contributed by atoms with Crippen LogP contribution in [0.3, 0.4) is 0 Å². The molecule has 0 heterocycles. The Morgan fingerprint density at radius 3 is 2.06 bits per heavy atom. The molecule has 0 saturated carbocycles. The van der Waals surface area contributed by atoms with Crippen LogP contribution in [0.15, 0.2) is 42.5 Å². The van der Waals surface area contributed by atoms with Crippen LogP contribution in [0, 0.1) is 5.92 Å². The van der Waals surface area contributed by atoms with E-state index >= 15 is 0 Å². The zero-order valence-electron chi connectivity index (χ0n) is 16.9. The van der Waals surface area contributed by atoms with Crippen molar-refractivity contribution < 1.29 is 36.2 Å². The fourth-order valence-electron chi connectivity index (χ4n) is 2.96. The molecule has 2 aromatic rings. The maximum Gasteiger partial charge on any atom is 0.419 e. The lowest BCUT2D eigenvalue weighted by atomic mass is 9.98. The monoisotopic (exact) mass is 449 g/mol. The molecule has 0 aliphatic carbocycles. The Kier molecular flexibility index (Phi) is 8.36. The van der Waals surface area contributed by atoms with Crippen molar-refractivity contribution in [1.82, 2.24) is 0 Å². The molecule has 0 saturated heterocycles. The number of nitrogens with two attached hydrogens (primary N) is 1. The van der Waals surface area contributed by atoms with Crippen molar-refractivity contribution >= 4 is 0 Å². The van der Waals surface area contributed by atoms with E-state index in [1.165, 1.54) is 24.3 Å². The lowest BCUT2D eigenvalue weighted by molar-refractivity contribution is -0.139. The lowest BCUT2D eigenvalue weighted by Gasteiger charge is -2.17. The zero-order valence-corrected chi connectivity index (χ0v) is 16.9. The molecule has 0 amide bonds. The second-order valence-electron chi connectivity index (χ2n) is 7.48. The molecule has 2 unspecified atom stereocenters. The first-order valence-corrected chi connectivity index (χ1v) is 9.80. The second kappa shape index (κ2) is 10.4. The first-order chi connectivity index (χ1) is 14.4. The van der Waals surface area contributed by atoms with Gasteiger partial charge in [-0.2, -0.15) is 26.3 Å². The molecule has 2 aromatic carbocycles. The average molecular weight is 449 g/mol. The highest BCUT2D eigenvalue weighted by molar-refractivity contribution is 5.39. The van der Waals surface area contributed by atoms with Crippen LogP contribution in [-0.4, -0.2) is 17.9 Å². The minimum Gasteiger partial charge on any atom is -0.493 e. The number of rotatable bonds is 9. The van der Waals surface area contributed by atoms with Crippen LogP contribution in [0.25, 0.3) is 0 Å². The number of aliphatic hydroxyl groups excluding tert-OH is 1. The number of alkyl halides is 6. The van der Waals surface area contributed by atoms with Gasteiger partial charge in [-0.1, -0.05) is 25.1 Å². The molecule has 0 aliphatic rings. The number of aryl methyl sites for hydroxylation is 2. The predicted octanol–water partition coefficient (Wildman–Crippen LogP) is 5.58. The van der Waals surface area contributed by atoms with Crippen molar-refractivity contribution in [3.05, 3.63) is 64.7 Å². The molecule has 0 aliphatic heterocycles. The summed E-state index contributed by atoms with van der Waals surface area (Å²) < 4.78 is 83.3. The molecule has 3 nitrogen and oxygen atoms in total. The largest absolute Gasteiger partial charge is 0.493 e. The molecule has 3 N–H and O–H groups in total. The highest BCUT2D eigenvalue weighted by Gasteiger charge is 2.34. The number of ether oxygens (including phenoxy) is 1. The molecular formula is C22H25F6NO2. The summed E-state index contributed by atoms with van der Waals surface area (Å²) in [5.74, 6) is -0.550. The zero-order chi connectivity index (χ0) is 23.2. The first kappa shape index (κ1) is 25.0. The summed E-state index contributed by atoms with van der Waals surface area (Å²) in [5, 5.41) is 9.31. The van der Waals surface area contributed by atoms with Crippen LogP contribution in [0.5, 0.6) is 5.75 Å².